The van der Waals surface area contributed by atoms with E-state index in [-0.39, 0.29) is 0 Å². The van der Waals surface area contributed by atoms with Crippen molar-refractivity contribution in [2.75, 3.05) is 27.3 Å². The van der Waals surface area contributed by atoms with Gasteiger partial charge in [-0.2, -0.15) is 5.10 Å². The predicted octanol–water partition coefficient (Wildman–Crippen LogP) is 2.76. The Hall–Kier alpha value is -2.67. The van der Waals surface area contributed by atoms with Gasteiger partial charge in [0.1, 0.15) is 17.0 Å². The van der Waals surface area contributed by atoms with Gasteiger partial charge in [0, 0.05) is 38.4 Å². The summed E-state index contributed by atoms with van der Waals surface area (Å²) in [7, 11) is 5.34. The van der Waals surface area contributed by atoms with Crippen LogP contribution in [0.15, 0.2) is 30.6 Å². The minimum absolute atomic E-state index is 0.347. The van der Waals surface area contributed by atoms with E-state index in [0.29, 0.717) is 5.92 Å². The van der Waals surface area contributed by atoms with Crippen LogP contribution in [0.3, 0.4) is 0 Å². The Morgan fingerprint density at radius 1 is 1.11 bits per heavy atom. The second kappa shape index (κ2) is 7.52. The number of likely N-dealkylation sites (tertiary alicyclic amines) is 1. The van der Waals surface area contributed by atoms with Crippen LogP contribution in [0.2, 0.25) is 0 Å². The maximum absolute atomic E-state index is 5.56. The van der Waals surface area contributed by atoms with Gasteiger partial charge in [-0.15, -0.1) is 0 Å². The number of aryl methyl sites for hydroxylation is 1. The minimum atomic E-state index is 0.347. The van der Waals surface area contributed by atoms with Crippen LogP contribution in [0.1, 0.15) is 30.0 Å². The SMILES string of the molecule is COc1cccc(OC)c1CN1CCCC(c2nn(C)c3nccnc23)C1. The standard InChI is InChI=1S/C20H25N5O2/c1-24-20-19(21-9-10-22-20)18(23-24)14-6-5-11-25(12-14)13-15-16(26-2)7-4-8-17(15)27-3/h4,7-10,14H,5-6,11-13H2,1-3H3. The number of aromatic nitrogens is 4. The fourth-order valence-electron chi connectivity index (χ4n) is 4.01. The van der Waals surface area contributed by atoms with Crippen molar-refractivity contribution in [3.05, 3.63) is 41.9 Å². The first-order valence-corrected chi connectivity index (χ1v) is 9.27. The summed E-state index contributed by atoms with van der Waals surface area (Å²) < 4.78 is 13.0. The smallest absolute Gasteiger partial charge is 0.176 e. The third-order valence-corrected chi connectivity index (χ3v) is 5.29. The largest absolute Gasteiger partial charge is 0.496 e. The molecule has 1 aliphatic rings. The first kappa shape index (κ1) is 17.7. The maximum Gasteiger partial charge on any atom is 0.176 e. The molecule has 0 bridgehead atoms. The number of nitrogens with zero attached hydrogens (tertiary/aromatic N) is 5. The number of hydrogen-bond donors (Lipinski definition) is 0. The van der Waals surface area contributed by atoms with E-state index in [4.69, 9.17) is 14.6 Å². The molecule has 1 saturated heterocycles. The summed E-state index contributed by atoms with van der Waals surface area (Å²) in [6.45, 7) is 2.78. The Kier molecular flexibility index (Phi) is 4.94. The molecule has 4 rings (SSSR count). The lowest BCUT2D eigenvalue weighted by atomic mass is 9.94. The lowest BCUT2D eigenvalue weighted by Crippen LogP contribution is -2.34. The van der Waals surface area contributed by atoms with Crippen molar-refractivity contribution < 1.29 is 9.47 Å². The number of piperidine rings is 1. The van der Waals surface area contributed by atoms with Crippen molar-refractivity contribution in [3.8, 4) is 11.5 Å². The lowest BCUT2D eigenvalue weighted by molar-refractivity contribution is 0.194. The second-order valence-electron chi connectivity index (χ2n) is 6.95. The molecule has 2 aromatic heterocycles. The molecular formula is C20H25N5O2. The summed E-state index contributed by atoms with van der Waals surface area (Å²) in [5, 5.41) is 4.74. The highest BCUT2D eigenvalue weighted by Crippen LogP contribution is 2.34. The first-order chi connectivity index (χ1) is 13.2. The summed E-state index contributed by atoms with van der Waals surface area (Å²) >= 11 is 0. The Bertz CT molecular complexity index is 917. The van der Waals surface area contributed by atoms with Crippen LogP contribution in [-0.4, -0.2) is 52.0 Å². The van der Waals surface area contributed by atoms with Gasteiger partial charge in [0.2, 0.25) is 0 Å². The number of benzene rings is 1. The van der Waals surface area contributed by atoms with Crippen LogP contribution in [0.4, 0.5) is 0 Å². The predicted molar refractivity (Wildman–Crippen MR) is 103 cm³/mol. The third kappa shape index (κ3) is 3.35. The van der Waals surface area contributed by atoms with Crippen LogP contribution in [0.5, 0.6) is 11.5 Å². The molecule has 1 aromatic carbocycles. The van der Waals surface area contributed by atoms with Crippen molar-refractivity contribution in [2.45, 2.75) is 25.3 Å². The molecule has 1 atom stereocenters. The van der Waals surface area contributed by atoms with E-state index < -0.39 is 0 Å². The van der Waals surface area contributed by atoms with Crippen LogP contribution >= 0.6 is 0 Å². The average Bonchev–Trinajstić information content (AvgIpc) is 3.05. The number of ether oxygens (including phenoxy) is 2. The highest BCUT2D eigenvalue weighted by Gasteiger charge is 2.27. The van der Waals surface area contributed by atoms with Crippen molar-refractivity contribution in [3.63, 3.8) is 0 Å². The van der Waals surface area contributed by atoms with Gasteiger partial charge in [-0.25, -0.2) is 14.6 Å². The van der Waals surface area contributed by atoms with Gasteiger partial charge in [0.05, 0.1) is 25.5 Å². The van der Waals surface area contributed by atoms with Gasteiger partial charge in [0.15, 0.2) is 5.65 Å². The number of methoxy groups -OCH3 is 2. The summed E-state index contributed by atoms with van der Waals surface area (Å²) in [5.74, 6) is 2.08. The van der Waals surface area contributed by atoms with Gasteiger partial charge in [-0.3, -0.25) is 4.90 Å². The molecular weight excluding hydrogens is 342 g/mol. The van der Waals surface area contributed by atoms with E-state index in [0.717, 1.165) is 66.4 Å². The van der Waals surface area contributed by atoms with E-state index in [1.54, 1.807) is 26.6 Å². The summed E-state index contributed by atoms with van der Waals surface area (Å²) in [6.07, 6.45) is 5.70. The lowest BCUT2D eigenvalue weighted by Gasteiger charge is -2.32. The Morgan fingerprint density at radius 3 is 2.59 bits per heavy atom. The molecule has 1 unspecified atom stereocenters. The Balaban J connectivity index is 1.59. The molecule has 3 heterocycles. The topological polar surface area (TPSA) is 65.3 Å². The monoisotopic (exact) mass is 367 g/mol. The van der Waals surface area contributed by atoms with Gasteiger partial charge in [-0.1, -0.05) is 6.07 Å². The van der Waals surface area contributed by atoms with Crippen molar-refractivity contribution >= 4 is 11.2 Å². The van der Waals surface area contributed by atoms with E-state index in [1.807, 2.05) is 29.9 Å². The van der Waals surface area contributed by atoms with E-state index in [2.05, 4.69) is 14.9 Å². The van der Waals surface area contributed by atoms with Crippen LogP contribution in [-0.2, 0) is 13.6 Å². The van der Waals surface area contributed by atoms with Crippen LogP contribution < -0.4 is 9.47 Å². The van der Waals surface area contributed by atoms with E-state index in [1.165, 1.54) is 0 Å². The zero-order chi connectivity index (χ0) is 18.8. The molecule has 0 aliphatic carbocycles. The van der Waals surface area contributed by atoms with Crippen molar-refractivity contribution in [1.82, 2.24) is 24.6 Å². The molecule has 0 radical (unpaired) electrons. The van der Waals surface area contributed by atoms with E-state index in [9.17, 15) is 0 Å². The summed E-state index contributed by atoms with van der Waals surface area (Å²) in [5.41, 5.74) is 3.91. The minimum Gasteiger partial charge on any atom is -0.496 e. The van der Waals surface area contributed by atoms with Crippen LogP contribution in [0, 0.1) is 0 Å². The summed E-state index contributed by atoms with van der Waals surface area (Å²) in [6, 6.07) is 5.93. The van der Waals surface area contributed by atoms with Crippen LogP contribution in [0.25, 0.3) is 11.2 Å². The third-order valence-electron chi connectivity index (χ3n) is 5.29. The molecule has 27 heavy (non-hydrogen) atoms. The quantitative estimate of drug-likeness (QED) is 0.691. The normalized spacial score (nSPS) is 18.0. The molecule has 142 valence electrons. The molecule has 1 fully saturated rings. The second-order valence-corrected chi connectivity index (χ2v) is 6.95. The zero-order valence-corrected chi connectivity index (χ0v) is 16.1. The highest BCUT2D eigenvalue weighted by molar-refractivity contribution is 5.73. The average molecular weight is 367 g/mol. The van der Waals surface area contributed by atoms with E-state index >= 15 is 0 Å². The van der Waals surface area contributed by atoms with Gasteiger partial charge >= 0.3 is 0 Å². The van der Waals surface area contributed by atoms with Gasteiger partial charge in [-0.05, 0) is 31.5 Å². The first-order valence-electron chi connectivity index (χ1n) is 9.27. The molecule has 1 aliphatic heterocycles. The summed E-state index contributed by atoms with van der Waals surface area (Å²) in [4.78, 5) is 11.4. The molecule has 0 N–H and O–H groups in total. The number of fused-ring (bicyclic) bond motifs is 1. The highest BCUT2D eigenvalue weighted by atomic mass is 16.5. The molecule has 3 aromatic rings. The maximum atomic E-state index is 5.56. The van der Waals surface area contributed by atoms with Crippen molar-refractivity contribution in [1.29, 1.82) is 0 Å². The number of rotatable bonds is 5. The molecule has 0 saturated carbocycles. The molecule has 0 amide bonds. The number of hydrogen-bond acceptors (Lipinski definition) is 6. The Morgan fingerprint density at radius 2 is 1.85 bits per heavy atom. The van der Waals surface area contributed by atoms with Gasteiger partial charge < -0.3 is 9.47 Å². The fourth-order valence-corrected chi connectivity index (χ4v) is 4.01. The molecule has 7 nitrogen and oxygen atoms in total. The zero-order valence-electron chi connectivity index (χ0n) is 16.1. The molecule has 7 heteroatoms. The Labute approximate surface area is 158 Å². The fraction of sp³-hybridized carbons (Fsp3) is 0.450. The molecule has 0 spiro atoms. The van der Waals surface area contributed by atoms with Gasteiger partial charge in [0.25, 0.3) is 0 Å². The van der Waals surface area contributed by atoms with Crippen molar-refractivity contribution in [2.24, 2.45) is 7.05 Å².